The van der Waals surface area contributed by atoms with Crippen molar-refractivity contribution in [2.75, 3.05) is 22.9 Å². The Bertz CT molecular complexity index is 1560. The molecule has 11 heteroatoms. The van der Waals surface area contributed by atoms with Crippen LogP contribution in [0.3, 0.4) is 0 Å². The van der Waals surface area contributed by atoms with Crippen LogP contribution in [0.15, 0.2) is 54.6 Å². The van der Waals surface area contributed by atoms with E-state index in [0.717, 1.165) is 0 Å². The van der Waals surface area contributed by atoms with Gasteiger partial charge in [0.1, 0.15) is 15.4 Å². The minimum absolute atomic E-state index is 0.00536. The Balaban J connectivity index is 1.44. The summed E-state index contributed by atoms with van der Waals surface area (Å²) in [4.78, 5) is 53.4. The number of benzene rings is 3. The molecule has 2 fully saturated rings. The zero-order valence-electron chi connectivity index (χ0n) is 19.6. The Kier molecular flexibility index (Phi) is 4.97. The molecule has 0 aliphatic carbocycles. The Labute approximate surface area is 232 Å². The predicted octanol–water partition coefficient (Wildman–Crippen LogP) is 3.09. The third kappa shape index (κ3) is 3.07. The van der Waals surface area contributed by atoms with Gasteiger partial charge in [0.2, 0.25) is 17.7 Å². The molecule has 38 heavy (non-hydrogen) atoms. The standard InChI is InChI=1S/C27H19IN3O6P/c28-19-10-30(24(19)33)13-2-5-16-20(8-13)36-21-9-14(31-11-22(38)25(31)34)3-6-17(21)27(16)18-7-12(23(29)32)1-4-15(18)26(35)37-27/h1-9,19,22H,10-11,38H2,(H2,29,32). The minimum atomic E-state index is -1.41. The summed E-state index contributed by atoms with van der Waals surface area (Å²) >= 11 is 2.11. The summed E-state index contributed by atoms with van der Waals surface area (Å²) in [6.07, 6.45) is 0. The fraction of sp³-hybridized carbons (Fsp3) is 0.185. The topological polar surface area (TPSA) is 119 Å². The van der Waals surface area contributed by atoms with Gasteiger partial charge in [-0.3, -0.25) is 14.4 Å². The van der Waals surface area contributed by atoms with Gasteiger partial charge in [-0.05, 0) is 42.5 Å². The maximum absolute atomic E-state index is 13.2. The number of carbonyl (C=O) groups excluding carboxylic acids is 4. The Morgan fingerprint density at radius 2 is 1.53 bits per heavy atom. The van der Waals surface area contributed by atoms with Crippen molar-refractivity contribution in [2.45, 2.75) is 15.2 Å². The first-order valence-electron chi connectivity index (χ1n) is 11.9. The molecule has 4 aliphatic rings. The zero-order chi connectivity index (χ0) is 26.5. The maximum atomic E-state index is 13.2. The molecule has 3 amide bonds. The smallest absolute Gasteiger partial charge is 0.340 e. The summed E-state index contributed by atoms with van der Waals surface area (Å²) in [6.45, 7) is 1.14. The van der Waals surface area contributed by atoms with E-state index in [-0.39, 0.29) is 27.0 Å². The number of hydrogen-bond acceptors (Lipinski definition) is 6. The number of nitrogens with zero attached hydrogens (tertiary/aromatic N) is 2. The lowest BCUT2D eigenvalue weighted by Crippen LogP contribution is -2.53. The van der Waals surface area contributed by atoms with Crippen molar-refractivity contribution < 1.29 is 28.7 Å². The van der Waals surface area contributed by atoms with E-state index in [1.165, 1.54) is 6.07 Å². The summed E-state index contributed by atoms with van der Waals surface area (Å²) in [5, 5.41) is 0. The fourth-order valence-corrected chi connectivity index (χ4v) is 6.61. The number of ether oxygens (including phenoxy) is 2. The molecule has 3 aromatic carbocycles. The number of fused-ring (bicyclic) bond motifs is 6. The first-order valence-corrected chi connectivity index (χ1v) is 13.8. The highest BCUT2D eigenvalue weighted by molar-refractivity contribution is 14.1. The molecule has 3 aromatic rings. The molecule has 2 saturated heterocycles. The van der Waals surface area contributed by atoms with Crippen LogP contribution >= 0.6 is 31.8 Å². The van der Waals surface area contributed by atoms with Crippen LogP contribution in [0.5, 0.6) is 11.5 Å². The van der Waals surface area contributed by atoms with E-state index in [0.29, 0.717) is 58.2 Å². The van der Waals surface area contributed by atoms with E-state index in [9.17, 15) is 19.2 Å². The van der Waals surface area contributed by atoms with Crippen LogP contribution in [0.1, 0.15) is 37.4 Å². The van der Waals surface area contributed by atoms with Crippen molar-refractivity contribution >= 4 is 66.9 Å². The van der Waals surface area contributed by atoms with E-state index in [1.807, 2.05) is 0 Å². The molecule has 0 radical (unpaired) electrons. The summed E-state index contributed by atoms with van der Waals surface area (Å²) < 4.78 is 12.5. The SMILES string of the molecule is NC(=O)c1ccc2c(c1)C1(OC2=O)c2ccc(N3CC(P)C3=O)cc2Oc2cc(N3CC(I)C3=O)ccc21. The molecule has 190 valence electrons. The lowest BCUT2D eigenvalue weighted by molar-refractivity contribution is -0.122. The first-order chi connectivity index (χ1) is 18.2. The van der Waals surface area contributed by atoms with Crippen LogP contribution in [-0.2, 0) is 19.9 Å². The molecule has 0 aromatic heterocycles. The predicted molar refractivity (Wildman–Crippen MR) is 149 cm³/mol. The molecule has 0 saturated carbocycles. The number of anilines is 2. The Hall–Kier alpha value is -3.50. The second kappa shape index (κ2) is 8.00. The van der Waals surface area contributed by atoms with Crippen molar-refractivity contribution in [3.63, 3.8) is 0 Å². The van der Waals surface area contributed by atoms with E-state index in [1.54, 1.807) is 58.3 Å². The number of nitrogens with two attached hydrogens (primary N) is 1. The van der Waals surface area contributed by atoms with Gasteiger partial charge in [-0.1, -0.05) is 22.6 Å². The maximum Gasteiger partial charge on any atom is 0.340 e. The van der Waals surface area contributed by atoms with Crippen molar-refractivity contribution in [3.05, 3.63) is 82.4 Å². The quantitative estimate of drug-likeness (QED) is 0.155. The number of alkyl halides is 1. The van der Waals surface area contributed by atoms with Crippen LogP contribution in [0.25, 0.3) is 0 Å². The van der Waals surface area contributed by atoms with Gasteiger partial charge in [-0.25, -0.2) is 4.79 Å². The number of carbonyl (C=O) groups is 4. The molecular formula is C27H19IN3O6P. The van der Waals surface area contributed by atoms with Crippen molar-refractivity contribution in [3.8, 4) is 11.5 Å². The molecule has 4 heterocycles. The largest absolute Gasteiger partial charge is 0.456 e. The van der Waals surface area contributed by atoms with Gasteiger partial charge in [0.25, 0.3) is 0 Å². The summed E-state index contributed by atoms with van der Waals surface area (Å²) in [6, 6.07) is 15.3. The Morgan fingerprint density at radius 1 is 0.895 bits per heavy atom. The third-order valence-electron chi connectivity index (χ3n) is 7.52. The van der Waals surface area contributed by atoms with E-state index < -0.39 is 17.5 Å². The molecule has 4 aliphatic heterocycles. The zero-order valence-corrected chi connectivity index (χ0v) is 23.0. The number of β-lactam (4-membered cyclic amide) rings is 2. The van der Waals surface area contributed by atoms with Gasteiger partial charge < -0.3 is 25.0 Å². The lowest BCUT2D eigenvalue weighted by Gasteiger charge is -2.40. The minimum Gasteiger partial charge on any atom is -0.456 e. The number of esters is 1. The van der Waals surface area contributed by atoms with E-state index in [4.69, 9.17) is 15.2 Å². The highest BCUT2D eigenvalue weighted by Gasteiger charge is 2.54. The number of rotatable bonds is 3. The average Bonchev–Trinajstić information content (AvgIpc) is 3.21. The molecule has 1 spiro atoms. The number of hydrogen-bond donors (Lipinski definition) is 1. The summed E-state index contributed by atoms with van der Waals surface area (Å²) in [7, 11) is 2.53. The normalized spacial score (nSPS) is 24.6. The fourth-order valence-electron chi connectivity index (χ4n) is 5.49. The number of primary amides is 1. The molecule has 2 N–H and O–H groups in total. The molecule has 9 nitrogen and oxygen atoms in total. The Morgan fingerprint density at radius 3 is 2.05 bits per heavy atom. The summed E-state index contributed by atoms with van der Waals surface area (Å²) in [5.74, 6) is -0.381. The number of amides is 3. The average molecular weight is 639 g/mol. The van der Waals surface area contributed by atoms with Crippen molar-refractivity contribution in [1.82, 2.24) is 0 Å². The summed E-state index contributed by atoms with van der Waals surface area (Å²) in [5.41, 5.74) is 7.49. The first kappa shape index (κ1) is 23.6. The van der Waals surface area contributed by atoms with Crippen molar-refractivity contribution in [2.24, 2.45) is 5.73 Å². The van der Waals surface area contributed by atoms with Gasteiger partial charge in [0.05, 0.1) is 11.2 Å². The van der Waals surface area contributed by atoms with Crippen LogP contribution in [0.4, 0.5) is 11.4 Å². The monoisotopic (exact) mass is 639 g/mol. The molecule has 0 bridgehead atoms. The van der Waals surface area contributed by atoms with E-state index >= 15 is 0 Å². The van der Waals surface area contributed by atoms with E-state index in [2.05, 4.69) is 31.8 Å². The van der Waals surface area contributed by atoms with Crippen LogP contribution < -0.4 is 20.3 Å². The van der Waals surface area contributed by atoms with Gasteiger partial charge in [-0.2, -0.15) is 0 Å². The van der Waals surface area contributed by atoms with Crippen molar-refractivity contribution in [1.29, 1.82) is 0 Å². The lowest BCUT2D eigenvalue weighted by atomic mass is 9.77. The molecule has 4 atom stereocenters. The second-order valence-corrected chi connectivity index (χ2v) is 11.9. The highest BCUT2D eigenvalue weighted by Crippen LogP contribution is 2.57. The second-order valence-electron chi connectivity index (χ2n) is 9.63. The number of halogens is 1. The van der Waals surface area contributed by atoms with Gasteiger partial charge in [0.15, 0.2) is 5.60 Å². The molecule has 7 rings (SSSR count). The van der Waals surface area contributed by atoms with Crippen LogP contribution in [0, 0.1) is 0 Å². The highest BCUT2D eigenvalue weighted by atomic mass is 127. The van der Waals surface area contributed by atoms with Crippen LogP contribution in [0.2, 0.25) is 0 Å². The van der Waals surface area contributed by atoms with Gasteiger partial charge in [0, 0.05) is 58.9 Å². The van der Waals surface area contributed by atoms with Gasteiger partial charge >= 0.3 is 5.97 Å². The van der Waals surface area contributed by atoms with Crippen LogP contribution in [-0.4, -0.2) is 46.4 Å². The molecule has 4 unspecified atom stereocenters. The third-order valence-corrected chi connectivity index (χ3v) is 8.94. The van der Waals surface area contributed by atoms with Gasteiger partial charge in [-0.15, -0.1) is 9.24 Å². The molecular weight excluding hydrogens is 620 g/mol.